The van der Waals surface area contributed by atoms with E-state index in [1.165, 1.54) is 0 Å². The molecule has 0 fully saturated rings. The normalized spacial score (nSPS) is 15.1. The van der Waals surface area contributed by atoms with Gasteiger partial charge >= 0.3 is 0 Å². The lowest BCUT2D eigenvalue weighted by atomic mass is 10.3. The van der Waals surface area contributed by atoms with Gasteiger partial charge < -0.3 is 5.73 Å². The van der Waals surface area contributed by atoms with Crippen molar-refractivity contribution < 1.29 is 8.42 Å². The van der Waals surface area contributed by atoms with Crippen LogP contribution in [0.25, 0.3) is 0 Å². The summed E-state index contributed by atoms with van der Waals surface area (Å²) in [5, 5.41) is 0. The average molecular weight is 166 g/mol. The molecule has 0 saturated carbocycles. The fraction of sp³-hybridized carbons (Fsp3) is 1.00. The molecule has 0 aromatic heterocycles. The third-order valence-corrected chi connectivity index (χ3v) is 1.70. The number of nitrogens with two attached hydrogens (primary N) is 1. The Balaban J connectivity index is 3.69. The topological polar surface area (TPSA) is 72.2 Å². The molecule has 0 aromatic carbocycles. The predicted molar refractivity (Wildman–Crippen MR) is 40.9 cm³/mol. The van der Waals surface area contributed by atoms with Crippen molar-refractivity contribution in [3.8, 4) is 0 Å². The molecule has 1 atom stereocenters. The molecule has 0 saturated heterocycles. The van der Waals surface area contributed by atoms with Gasteiger partial charge in [-0.25, -0.2) is 8.42 Å². The van der Waals surface area contributed by atoms with Crippen LogP contribution in [-0.2, 0) is 10.0 Å². The Bertz CT molecular complexity index is 176. The summed E-state index contributed by atoms with van der Waals surface area (Å²) < 4.78 is 23.3. The summed E-state index contributed by atoms with van der Waals surface area (Å²) in [6.07, 6.45) is 2.22. The van der Waals surface area contributed by atoms with Crippen molar-refractivity contribution in [3.05, 3.63) is 0 Å². The molecule has 0 aliphatic carbocycles. The Morgan fingerprint density at radius 1 is 1.60 bits per heavy atom. The molecule has 0 aromatic rings. The summed E-state index contributed by atoms with van der Waals surface area (Å²) in [6, 6.07) is 0. The summed E-state index contributed by atoms with van der Waals surface area (Å²) in [7, 11) is -3.12. The van der Waals surface area contributed by atoms with Crippen LogP contribution in [-0.4, -0.2) is 20.8 Å². The molecular formula is C5H14N2O2S. The van der Waals surface area contributed by atoms with E-state index in [4.69, 9.17) is 5.73 Å². The van der Waals surface area contributed by atoms with Crippen LogP contribution in [0.1, 0.15) is 19.8 Å². The first-order valence-corrected chi connectivity index (χ1v) is 5.07. The van der Waals surface area contributed by atoms with Crippen LogP contribution in [0.4, 0.5) is 0 Å². The molecule has 4 nitrogen and oxygen atoms in total. The van der Waals surface area contributed by atoms with Gasteiger partial charge in [-0.3, -0.25) is 0 Å². The SMILES string of the molecule is CCCC(N)NS(C)(=O)=O. The summed E-state index contributed by atoms with van der Waals surface area (Å²) in [5.41, 5.74) is 5.38. The van der Waals surface area contributed by atoms with Gasteiger partial charge in [-0.05, 0) is 6.42 Å². The number of hydrogen-bond donors (Lipinski definition) is 2. The highest BCUT2D eigenvalue weighted by atomic mass is 32.2. The Morgan fingerprint density at radius 3 is 2.40 bits per heavy atom. The fourth-order valence-electron chi connectivity index (χ4n) is 0.645. The van der Waals surface area contributed by atoms with Gasteiger partial charge in [0.2, 0.25) is 10.0 Å². The van der Waals surface area contributed by atoms with Crippen molar-refractivity contribution in [2.24, 2.45) is 5.73 Å². The van der Waals surface area contributed by atoms with E-state index in [2.05, 4.69) is 4.72 Å². The Kier molecular flexibility index (Phi) is 3.85. The van der Waals surface area contributed by atoms with Gasteiger partial charge in [-0.15, -0.1) is 0 Å². The third-order valence-electron chi connectivity index (χ3n) is 0.965. The maximum Gasteiger partial charge on any atom is 0.210 e. The van der Waals surface area contributed by atoms with E-state index >= 15 is 0 Å². The summed E-state index contributed by atoms with van der Waals surface area (Å²) in [5.74, 6) is 0. The van der Waals surface area contributed by atoms with Crippen molar-refractivity contribution in [2.75, 3.05) is 6.26 Å². The Labute approximate surface area is 61.8 Å². The second-order valence-corrected chi connectivity index (χ2v) is 4.07. The first kappa shape index (κ1) is 9.87. The van der Waals surface area contributed by atoms with E-state index in [9.17, 15) is 8.42 Å². The molecular weight excluding hydrogens is 152 g/mol. The van der Waals surface area contributed by atoms with Gasteiger partial charge in [0, 0.05) is 0 Å². The quantitative estimate of drug-likeness (QED) is 0.559. The second-order valence-electron chi connectivity index (χ2n) is 2.29. The number of hydrogen-bond acceptors (Lipinski definition) is 3. The molecule has 0 heterocycles. The molecule has 0 aliphatic rings. The molecule has 1 unspecified atom stereocenters. The molecule has 0 radical (unpaired) electrons. The highest BCUT2D eigenvalue weighted by Crippen LogP contribution is 1.90. The molecule has 62 valence electrons. The van der Waals surface area contributed by atoms with Crippen LogP contribution in [0, 0.1) is 0 Å². The zero-order valence-electron chi connectivity index (χ0n) is 6.29. The maximum atomic E-state index is 10.5. The van der Waals surface area contributed by atoms with E-state index in [1.54, 1.807) is 0 Å². The third kappa shape index (κ3) is 6.00. The van der Waals surface area contributed by atoms with Crippen LogP contribution < -0.4 is 10.5 Å². The summed E-state index contributed by atoms with van der Waals surface area (Å²) in [4.78, 5) is 0. The van der Waals surface area contributed by atoms with E-state index in [1.807, 2.05) is 6.92 Å². The lowest BCUT2D eigenvalue weighted by Gasteiger charge is -2.09. The van der Waals surface area contributed by atoms with Crippen LogP contribution in [0.15, 0.2) is 0 Å². The first-order chi connectivity index (χ1) is 4.45. The standard InChI is InChI=1S/C5H14N2O2S/c1-3-4-5(6)7-10(2,8)9/h5,7H,3-4,6H2,1-2H3. The van der Waals surface area contributed by atoms with E-state index < -0.39 is 16.2 Å². The van der Waals surface area contributed by atoms with Gasteiger partial charge in [0.25, 0.3) is 0 Å². The lowest BCUT2D eigenvalue weighted by molar-refractivity contribution is 0.537. The Hall–Kier alpha value is -0.130. The van der Waals surface area contributed by atoms with Gasteiger partial charge in [-0.1, -0.05) is 13.3 Å². The zero-order valence-corrected chi connectivity index (χ0v) is 7.11. The van der Waals surface area contributed by atoms with Crippen LogP contribution in [0.2, 0.25) is 0 Å². The predicted octanol–water partition coefficient (Wildman–Crippen LogP) is -0.379. The largest absolute Gasteiger partial charge is 0.315 e. The monoisotopic (exact) mass is 166 g/mol. The van der Waals surface area contributed by atoms with Crippen LogP contribution in [0.3, 0.4) is 0 Å². The van der Waals surface area contributed by atoms with Crippen LogP contribution in [0.5, 0.6) is 0 Å². The molecule has 0 aliphatic heterocycles. The van der Waals surface area contributed by atoms with Gasteiger partial charge in [0.1, 0.15) is 0 Å². The first-order valence-electron chi connectivity index (χ1n) is 3.18. The number of sulfonamides is 1. The minimum absolute atomic E-state index is 0.431. The fourth-order valence-corrected chi connectivity index (χ4v) is 1.31. The van der Waals surface area contributed by atoms with Crippen molar-refractivity contribution in [3.63, 3.8) is 0 Å². The number of rotatable bonds is 4. The summed E-state index contributed by atoms with van der Waals surface area (Å²) >= 11 is 0. The van der Waals surface area contributed by atoms with Gasteiger partial charge in [0.05, 0.1) is 12.4 Å². The van der Waals surface area contributed by atoms with Crippen molar-refractivity contribution in [1.29, 1.82) is 0 Å². The second kappa shape index (κ2) is 3.90. The Morgan fingerprint density at radius 2 is 2.10 bits per heavy atom. The van der Waals surface area contributed by atoms with Crippen molar-refractivity contribution in [2.45, 2.75) is 25.9 Å². The van der Waals surface area contributed by atoms with Crippen molar-refractivity contribution >= 4 is 10.0 Å². The minimum Gasteiger partial charge on any atom is -0.315 e. The van der Waals surface area contributed by atoms with E-state index in [0.29, 0.717) is 6.42 Å². The molecule has 3 N–H and O–H groups in total. The molecule has 5 heteroatoms. The number of nitrogens with one attached hydrogen (secondary N) is 1. The van der Waals surface area contributed by atoms with Gasteiger partial charge in [0.15, 0.2) is 0 Å². The molecule has 10 heavy (non-hydrogen) atoms. The highest BCUT2D eigenvalue weighted by Gasteiger charge is 2.06. The van der Waals surface area contributed by atoms with E-state index in [0.717, 1.165) is 12.7 Å². The van der Waals surface area contributed by atoms with E-state index in [-0.39, 0.29) is 0 Å². The smallest absolute Gasteiger partial charge is 0.210 e. The molecule has 0 amide bonds. The zero-order chi connectivity index (χ0) is 8.20. The molecule has 0 spiro atoms. The molecule has 0 bridgehead atoms. The average Bonchev–Trinajstić information content (AvgIpc) is 1.59. The molecule has 0 rings (SSSR count). The highest BCUT2D eigenvalue weighted by molar-refractivity contribution is 7.88. The maximum absolute atomic E-state index is 10.5. The lowest BCUT2D eigenvalue weighted by Crippen LogP contribution is -2.40. The van der Waals surface area contributed by atoms with Gasteiger partial charge in [-0.2, -0.15) is 4.72 Å². The van der Waals surface area contributed by atoms with Crippen LogP contribution >= 0.6 is 0 Å². The summed E-state index contributed by atoms with van der Waals surface area (Å²) in [6.45, 7) is 1.95. The van der Waals surface area contributed by atoms with Crippen molar-refractivity contribution in [1.82, 2.24) is 4.72 Å². The minimum atomic E-state index is -3.12.